The third-order valence-electron chi connectivity index (χ3n) is 3.65. The molecule has 1 amide bonds. The van der Waals surface area contributed by atoms with E-state index in [-0.39, 0.29) is 5.91 Å². The van der Waals surface area contributed by atoms with Gasteiger partial charge in [0.15, 0.2) is 4.80 Å². The lowest BCUT2D eigenvalue weighted by Crippen LogP contribution is -2.15. The van der Waals surface area contributed by atoms with E-state index in [1.807, 2.05) is 35.8 Å². The summed E-state index contributed by atoms with van der Waals surface area (Å²) in [6, 6.07) is 14.3. The highest BCUT2D eigenvalue weighted by molar-refractivity contribution is 7.16. The summed E-state index contributed by atoms with van der Waals surface area (Å²) in [5, 5.41) is 0. The van der Waals surface area contributed by atoms with E-state index in [0.717, 1.165) is 16.8 Å². The highest BCUT2D eigenvalue weighted by atomic mass is 32.1. The van der Waals surface area contributed by atoms with Crippen molar-refractivity contribution >= 4 is 33.4 Å². The van der Waals surface area contributed by atoms with E-state index in [0.29, 0.717) is 15.9 Å². The molecule has 0 aliphatic carbocycles. The molecule has 0 atom stereocenters. The Morgan fingerprint density at radius 2 is 1.75 bits per heavy atom. The number of carbonyl (C=O) groups excluding carboxylic acids is 2. The van der Waals surface area contributed by atoms with Gasteiger partial charge in [0.25, 0.3) is 5.91 Å². The molecule has 0 unspecified atom stereocenters. The first-order valence-corrected chi connectivity index (χ1v) is 8.31. The molecule has 5 nitrogen and oxygen atoms in total. The van der Waals surface area contributed by atoms with Gasteiger partial charge in [-0.05, 0) is 43.3 Å². The summed E-state index contributed by atoms with van der Waals surface area (Å²) in [4.78, 5) is 28.8. The molecule has 0 saturated carbocycles. The van der Waals surface area contributed by atoms with Crippen molar-refractivity contribution in [2.45, 2.75) is 13.5 Å². The average molecular weight is 340 g/mol. The molecule has 0 aliphatic heterocycles. The number of ether oxygens (including phenoxy) is 1. The maximum Gasteiger partial charge on any atom is 0.337 e. The number of aryl methyl sites for hydroxylation is 1. The van der Waals surface area contributed by atoms with Crippen molar-refractivity contribution in [2.75, 3.05) is 7.11 Å². The minimum Gasteiger partial charge on any atom is -0.465 e. The van der Waals surface area contributed by atoms with Gasteiger partial charge in [-0.15, -0.1) is 0 Å². The zero-order chi connectivity index (χ0) is 17.1. The Balaban J connectivity index is 1.99. The third-order valence-corrected chi connectivity index (χ3v) is 4.71. The van der Waals surface area contributed by atoms with Crippen molar-refractivity contribution < 1.29 is 14.3 Å². The molecule has 0 radical (unpaired) electrons. The Hall–Kier alpha value is -2.73. The minimum atomic E-state index is -0.431. The second-order valence-electron chi connectivity index (χ2n) is 5.08. The zero-order valence-electron chi connectivity index (χ0n) is 13.4. The number of aromatic nitrogens is 1. The lowest BCUT2D eigenvalue weighted by Gasteiger charge is -2.01. The largest absolute Gasteiger partial charge is 0.465 e. The number of benzene rings is 2. The lowest BCUT2D eigenvalue weighted by molar-refractivity contribution is 0.0600. The van der Waals surface area contributed by atoms with Crippen LogP contribution in [-0.2, 0) is 11.3 Å². The van der Waals surface area contributed by atoms with Crippen LogP contribution in [0.15, 0.2) is 53.5 Å². The van der Waals surface area contributed by atoms with Gasteiger partial charge in [-0.25, -0.2) is 4.79 Å². The first-order valence-electron chi connectivity index (χ1n) is 7.50. The predicted molar refractivity (Wildman–Crippen MR) is 93.2 cm³/mol. The van der Waals surface area contributed by atoms with Crippen LogP contribution in [0.3, 0.4) is 0 Å². The van der Waals surface area contributed by atoms with Gasteiger partial charge in [0.05, 0.1) is 22.9 Å². The van der Waals surface area contributed by atoms with Crippen molar-refractivity contribution in [1.82, 2.24) is 4.57 Å². The van der Waals surface area contributed by atoms with Crippen molar-refractivity contribution in [3.8, 4) is 0 Å². The van der Waals surface area contributed by atoms with Crippen LogP contribution in [0.4, 0.5) is 0 Å². The second-order valence-corrected chi connectivity index (χ2v) is 6.09. The van der Waals surface area contributed by atoms with E-state index in [1.54, 1.807) is 24.3 Å². The van der Waals surface area contributed by atoms with Crippen molar-refractivity contribution in [2.24, 2.45) is 4.99 Å². The number of hydrogen-bond donors (Lipinski definition) is 0. The first kappa shape index (κ1) is 16.1. The molecule has 0 fully saturated rings. The lowest BCUT2D eigenvalue weighted by atomic mass is 10.1. The molecule has 2 aromatic carbocycles. The highest BCUT2D eigenvalue weighted by Gasteiger charge is 2.10. The first-order chi connectivity index (χ1) is 11.6. The summed E-state index contributed by atoms with van der Waals surface area (Å²) < 4.78 is 7.75. The summed E-state index contributed by atoms with van der Waals surface area (Å²) in [5.74, 6) is -0.764. The van der Waals surface area contributed by atoms with Crippen LogP contribution in [0.2, 0.25) is 0 Å². The SMILES string of the molecule is CCn1c(=NC(=O)c2ccc(C(=O)OC)cc2)sc2ccccc21. The molecule has 122 valence electrons. The van der Waals surface area contributed by atoms with E-state index >= 15 is 0 Å². The fourth-order valence-corrected chi connectivity index (χ4v) is 3.52. The number of methoxy groups -OCH3 is 1. The second kappa shape index (κ2) is 6.80. The molecule has 0 N–H and O–H groups in total. The van der Waals surface area contributed by atoms with Gasteiger partial charge in [0, 0.05) is 12.1 Å². The quantitative estimate of drug-likeness (QED) is 0.688. The summed E-state index contributed by atoms with van der Waals surface area (Å²) in [6.45, 7) is 2.76. The van der Waals surface area contributed by atoms with Crippen molar-refractivity contribution in [3.63, 3.8) is 0 Å². The molecule has 3 rings (SSSR count). The van der Waals surface area contributed by atoms with Gasteiger partial charge in [0.1, 0.15) is 0 Å². The number of rotatable bonds is 3. The molecule has 0 spiro atoms. The number of carbonyl (C=O) groups is 2. The van der Waals surface area contributed by atoms with Crippen LogP contribution in [0.5, 0.6) is 0 Å². The average Bonchev–Trinajstić information content (AvgIpc) is 2.98. The van der Waals surface area contributed by atoms with E-state index in [2.05, 4.69) is 9.73 Å². The van der Waals surface area contributed by atoms with Crippen molar-refractivity contribution in [3.05, 3.63) is 64.5 Å². The van der Waals surface area contributed by atoms with Gasteiger partial charge < -0.3 is 9.30 Å². The normalized spacial score (nSPS) is 11.7. The molecule has 0 aliphatic rings. The van der Waals surface area contributed by atoms with E-state index in [9.17, 15) is 9.59 Å². The fourth-order valence-electron chi connectivity index (χ4n) is 2.43. The summed E-state index contributed by atoms with van der Waals surface area (Å²) >= 11 is 1.48. The smallest absolute Gasteiger partial charge is 0.337 e. The predicted octanol–water partition coefficient (Wildman–Crippen LogP) is 3.25. The third kappa shape index (κ3) is 3.00. The maximum absolute atomic E-state index is 12.4. The number of fused-ring (bicyclic) bond motifs is 1. The van der Waals surface area contributed by atoms with Crippen LogP contribution >= 0.6 is 11.3 Å². The number of thiazole rings is 1. The molecule has 1 aromatic heterocycles. The number of esters is 1. The van der Waals surface area contributed by atoms with Gasteiger partial charge in [-0.2, -0.15) is 4.99 Å². The molecular formula is C18H16N2O3S. The number of para-hydroxylation sites is 1. The summed E-state index contributed by atoms with van der Waals surface area (Å²) in [6.07, 6.45) is 0. The van der Waals surface area contributed by atoms with Gasteiger partial charge >= 0.3 is 5.97 Å². The Morgan fingerprint density at radius 1 is 1.08 bits per heavy atom. The van der Waals surface area contributed by atoms with Crippen LogP contribution in [0, 0.1) is 0 Å². The maximum atomic E-state index is 12.4. The van der Waals surface area contributed by atoms with Gasteiger partial charge in [0.2, 0.25) is 0 Å². The Morgan fingerprint density at radius 3 is 2.42 bits per heavy atom. The molecule has 0 bridgehead atoms. The monoisotopic (exact) mass is 340 g/mol. The number of nitrogens with zero attached hydrogens (tertiary/aromatic N) is 2. The zero-order valence-corrected chi connectivity index (χ0v) is 14.2. The van der Waals surface area contributed by atoms with Crippen LogP contribution in [0.25, 0.3) is 10.2 Å². The molecule has 3 aromatic rings. The van der Waals surface area contributed by atoms with Crippen molar-refractivity contribution in [1.29, 1.82) is 0 Å². The van der Waals surface area contributed by atoms with E-state index < -0.39 is 5.97 Å². The van der Waals surface area contributed by atoms with Crippen LogP contribution < -0.4 is 4.80 Å². The Bertz CT molecular complexity index is 968. The topological polar surface area (TPSA) is 60.7 Å². The van der Waals surface area contributed by atoms with Gasteiger partial charge in [-0.3, -0.25) is 4.79 Å². The van der Waals surface area contributed by atoms with E-state index in [4.69, 9.17) is 0 Å². The Labute approximate surface area is 142 Å². The summed E-state index contributed by atoms with van der Waals surface area (Å²) in [7, 11) is 1.32. The highest BCUT2D eigenvalue weighted by Crippen LogP contribution is 2.16. The van der Waals surface area contributed by atoms with Gasteiger partial charge in [-0.1, -0.05) is 23.5 Å². The molecule has 0 saturated heterocycles. The number of hydrogen-bond acceptors (Lipinski definition) is 4. The van der Waals surface area contributed by atoms with E-state index in [1.165, 1.54) is 18.4 Å². The molecule has 24 heavy (non-hydrogen) atoms. The standard InChI is InChI=1S/C18H16N2O3S/c1-3-20-14-6-4-5-7-15(14)24-18(20)19-16(21)12-8-10-13(11-9-12)17(22)23-2/h4-11H,3H2,1-2H3. The molecular weight excluding hydrogens is 324 g/mol. The Kier molecular flexibility index (Phi) is 4.57. The molecule has 1 heterocycles. The number of amides is 1. The van der Waals surface area contributed by atoms with Crippen LogP contribution in [0.1, 0.15) is 27.6 Å². The molecule has 6 heteroatoms. The fraction of sp³-hybridized carbons (Fsp3) is 0.167. The summed E-state index contributed by atoms with van der Waals surface area (Å²) in [5.41, 5.74) is 1.90. The van der Waals surface area contributed by atoms with Crippen LogP contribution in [-0.4, -0.2) is 23.6 Å². The minimum absolute atomic E-state index is 0.333.